The molecule has 2 rings (SSSR count). The molecule has 2 heterocycles. The van der Waals surface area contributed by atoms with E-state index >= 15 is 0 Å². The summed E-state index contributed by atoms with van der Waals surface area (Å²) >= 11 is 0. The quantitative estimate of drug-likeness (QED) is 0.744. The molecule has 0 saturated carbocycles. The molecule has 7 heteroatoms. The van der Waals surface area contributed by atoms with Gasteiger partial charge in [-0.1, -0.05) is 19.1 Å². The molecule has 0 fully saturated rings. The number of ether oxygens (including phenoxy) is 1. The Morgan fingerprint density at radius 3 is 2.85 bits per heavy atom. The first-order valence-electron chi connectivity index (χ1n) is 6.62. The lowest BCUT2D eigenvalue weighted by molar-refractivity contribution is 0.0451. The number of aromatic nitrogens is 5. The zero-order valence-corrected chi connectivity index (χ0v) is 12.0. The number of hydrogen-bond donors (Lipinski definition) is 0. The summed E-state index contributed by atoms with van der Waals surface area (Å²) in [7, 11) is 0. The minimum absolute atomic E-state index is 0.283. The summed E-state index contributed by atoms with van der Waals surface area (Å²) in [6, 6.07) is 1.86. The Kier molecular flexibility index (Phi) is 4.49. The molecule has 0 aliphatic carbocycles. The van der Waals surface area contributed by atoms with Crippen molar-refractivity contribution in [3.05, 3.63) is 29.8 Å². The molecule has 0 aliphatic rings. The van der Waals surface area contributed by atoms with E-state index in [0.29, 0.717) is 31.3 Å². The highest BCUT2D eigenvalue weighted by Gasteiger charge is 2.18. The summed E-state index contributed by atoms with van der Waals surface area (Å²) in [6.45, 7) is 7.46. The van der Waals surface area contributed by atoms with Crippen molar-refractivity contribution in [3.63, 3.8) is 0 Å². The summed E-state index contributed by atoms with van der Waals surface area (Å²) < 4.78 is 8.65. The van der Waals surface area contributed by atoms with Gasteiger partial charge >= 0.3 is 5.97 Å². The van der Waals surface area contributed by atoms with Gasteiger partial charge in [-0.05, 0) is 18.9 Å². The highest BCUT2D eigenvalue weighted by atomic mass is 16.5. The first-order valence-corrected chi connectivity index (χ1v) is 6.62. The second-order valence-electron chi connectivity index (χ2n) is 5.01. The molecule has 0 radical (unpaired) electrons. The van der Waals surface area contributed by atoms with E-state index in [2.05, 4.69) is 15.4 Å². The van der Waals surface area contributed by atoms with Crippen LogP contribution >= 0.6 is 0 Å². The molecular weight excluding hydrogens is 258 g/mol. The number of esters is 1. The molecule has 0 amide bonds. The Labute approximate surface area is 117 Å². The molecule has 20 heavy (non-hydrogen) atoms. The SMILES string of the molecule is Cc1c(C(=O)OCC(C)C)nnn1CCn1cccn1. The van der Waals surface area contributed by atoms with Gasteiger partial charge in [0.05, 0.1) is 25.4 Å². The minimum Gasteiger partial charge on any atom is -0.461 e. The maximum atomic E-state index is 11.9. The van der Waals surface area contributed by atoms with E-state index in [9.17, 15) is 4.79 Å². The molecule has 2 aromatic heterocycles. The van der Waals surface area contributed by atoms with Crippen molar-refractivity contribution in [1.82, 2.24) is 24.8 Å². The van der Waals surface area contributed by atoms with E-state index in [1.807, 2.05) is 33.0 Å². The normalized spacial score (nSPS) is 11.0. The lowest BCUT2D eigenvalue weighted by Gasteiger charge is -2.06. The van der Waals surface area contributed by atoms with Crippen molar-refractivity contribution in [2.45, 2.75) is 33.9 Å². The predicted molar refractivity (Wildman–Crippen MR) is 72.1 cm³/mol. The van der Waals surface area contributed by atoms with Gasteiger partial charge in [-0.25, -0.2) is 9.48 Å². The van der Waals surface area contributed by atoms with E-state index in [4.69, 9.17) is 4.74 Å². The van der Waals surface area contributed by atoms with E-state index in [1.54, 1.807) is 15.6 Å². The average Bonchev–Trinajstić information content (AvgIpc) is 3.03. The first kappa shape index (κ1) is 14.2. The van der Waals surface area contributed by atoms with Crippen molar-refractivity contribution in [3.8, 4) is 0 Å². The Morgan fingerprint density at radius 2 is 2.20 bits per heavy atom. The summed E-state index contributed by atoms with van der Waals surface area (Å²) in [4.78, 5) is 11.9. The zero-order valence-electron chi connectivity index (χ0n) is 12.0. The number of carbonyl (C=O) groups excluding carboxylic acids is 1. The van der Waals surface area contributed by atoms with Crippen LogP contribution in [0.25, 0.3) is 0 Å². The molecule has 0 unspecified atom stereocenters. The number of nitrogens with zero attached hydrogens (tertiary/aromatic N) is 5. The standard InChI is InChI=1S/C13H19N5O2/c1-10(2)9-20-13(19)12-11(3)18(16-15-12)8-7-17-6-4-5-14-17/h4-6,10H,7-9H2,1-3H3. The summed E-state index contributed by atoms with van der Waals surface area (Å²) in [5.41, 5.74) is 0.997. The van der Waals surface area contributed by atoms with Crippen LogP contribution < -0.4 is 0 Å². The van der Waals surface area contributed by atoms with Crippen LogP contribution in [0.4, 0.5) is 0 Å². The predicted octanol–water partition coefficient (Wildman–Crippen LogP) is 1.30. The number of aryl methyl sites for hydroxylation is 2. The molecule has 0 aromatic carbocycles. The highest BCUT2D eigenvalue weighted by molar-refractivity contribution is 5.88. The second kappa shape index (κ2) is 6.31. The third kappa shape index (κ3) is 3.43. The van der Waals surface area contributed by atoms with Gasteiger partial charge in [0.2, 0.25) is 0 Å². The molecule has 0 bridgehead atoms. The monoisotopic (exact) mass is 277 g/mol. The summed E-state index contributed by atoms with van der Waals surface area (Å²) in [6.07, 6.45) is 3.60. The van der Waals surface area contributed by atoms with Gasteiger partial charge in [-0.3, -0.25) is 4.68 Å². The van der Waals surface area contributed by atoms with E-state index in [1.165, 1.54) is 0 Å². The van der Waals surface area contributed by atoms with Crippen LogP contribution in [-0.4, -0.2) is 37.4 Å². The maximum Gasteiger partial charge on any atom is 0.360 e. The van der Waals surface area contributed by atoms with E-state index in [-0.39, 0.29) is 5.69 Å². The fraction of sp³-hybridized carbons (Fsp3) is 0.538. The molecular formula is C13H19N5O2. The van der Waals surface area contributed by atoms with Crippen molar-refractivity contribution in [2.75, 3.05) is 6.61 Å². The smallest absolute Gasteiger partial charge is 0.360 e. The zero-order chi connectivity index (χ0) is 14.5. The summed E-state index contributed by atoms with van der Waals surface area (Å²) in [5.74, 6) is -0.115. The van der Waals surface area contributed by atoms with Gasteiger partial charge in [0.1, 0.15) is 0 Å². The Morgan fingerprint density at radius 1 is 1.40 bits per heavy atom. The summed E-state index contributed by atoms with van der Waals surface area (Å²) in [5, 5.41) is 12.0. The van der Waals surface area contributed by atoms with Crippen LogP contribution in [0.2, 0.25) is 0 Å². The van der Waals surface area contributed by atoms with E-state index in [0.717, 1.165) is 0 Å². The topological polar surface area (TPSA) is 74.8 Å². The molecule has 2 aromatic rings. The van der Waals surface area contributed by atoms with Crippen LogP contribution in [-0.2, 0) is 17.8 Å². The van der Waals surface area contributed by atoms with Crippen molar-refractivity contribution >= 4 is 5.97 Å². The van der Waals surface area contributed by atoms with Crippen LogP contribution in [0.1, 0.15) is 30.0 Å². The minimum atomic E-state index is -0.415. The van der Waals surface area contributed by atoms with Crippen LogP contribution in [0.3, 0.4) is 0 Å². The molecule has 0 aliphatic heterocycles. The number of hydrogen-bond acceptors (Lipinski definition) is 5. The maximum absolute atomic E-state index is 11.9. The fourth-order valence-corrected chi connectivity index (χ4v) is 1.70. The van der Waals surface area contributed by atoms with Crippen molar-refractivity contribution in [1.29, 1.82) is 0 Å². The Hall–Kier alpha value is -2.18. The van der Waals surface area contributed by atoms with Gasteiger partial charge in [0.15, 0.2) is 5.69 Å². The molecule has 108 valence electrons. The average molecular weight is 277 g/mol. The third-order valence-corrected chi connectivity index (χ3v) is 2.82. The number of carbonyl (C=O) groups is 1. The van der Waals surface area contributed by atoms with Gasteiger partial charge < -0.3 is 4.74 Å². The van der Waals surface area contributed by atoms with Crippen molar-refractivity contribution < 1.29 is 9.53 Å². The van der Waals surface area contributed by atoms with Gasteiger partial charge in [-0.15, -0.1) is 5.10 Å². The number of rotatable bonds is 6. The van der Waals surface area contributed by atoms with Crippen LogP contribution in [0.15, 0.2) is 18.5 Å². The van der Waals surface area contributed by atoms with Crippen molar-refractivity contribution in [2.24, 2.45) is 5.92 Å². The van der Waals surface area contributed by atoms with E-state index < -0.39 is 5.97 Å². The van der Waals surface area contributed by atoms with Gasteiger partial charge in [0.25, 0.3) is 0 Å². The molecule has 7 nitrogen and oxygen atoms in total. The van der Waals surface area contributed by atoms with Gasteiger partial charge in [-0.2, -0.15) is 5.10 Å². The highest BCUT2D eigenvalue weighted by Crippen LogP contribution is 2.07. The largest absolute Gasteiger partial charge is 0.461 e. The molecule has 0 spiro atoms. The first-order chi connectivity index (χ1) is 9.58. The lowest BCUT2D eigenvalue weighted by Crippen LogP contribution is -2.13. The van der Waals surface area contributed by atoms with Gasteiger partial charge in [0, 0.05) is 12.4 Å². The second-order valence-corrected chi connectivity index (χ2v) is 5.01. The molecule has 0 saturated heterocycles. The Bertz CT molecular complexity index is 559. The lowest BCUT2D eigenvalue weighted by atomic mass is 10.2. The molecule has 0 atom stereocenters. The van der Waals surface area contributed by atoms with Crippen LogP contribution in [0.5, 0.6) is 0 Å². The third-order valence-electron chi connectivity index (χ3n) is 2.82. The Balaban J connectivity index is 1.97. The fourth-order valence-electron chi connectivity index (χ4n) is 1.70. The molecule has 0 N–H and O–H groups in total. The van der Waals surface area contributed by atoms with Crippen LogP contribution in [0, 0.1) is 12.8 Å².